The maximum Gasteiger partial charge on any atom is 0.247 e. The van der Waals surface area contributed by atoms with Gasteiger partial charge in [-0.1, -0.05) is 31.6 Å². The van der Waals surface area contributed by atoms with Crippen LogP contribution < -0.4 is 4.74 Å². The Morgan fingerprint density at radius 1 is 1.33 bits per heavy atom. The molecule has 7 nitrogen and oxygen atoms in total. The standard InChI is InChI=1S/C25H36N2O5S/c1-18-15-27(19(2)17-28)33(30,31)25-13-12-22(11-7-10-21-8-5-6-9-21)14-23(25)32-24(18)16-26(4)20(3)29/h12-14,18-19,21,24,28H,5-6,8-10,15-17H2,1-4H3/t18-,19+,24+/m0/s1. The van der Waals surface area contributed by atoms with E-state index in [1.165, 1.54) is 36.9 Å². The van der Waals surface area contributed by atoms with E-state index in [2.05, 4.69) is 11.8 Å². The van der Waals surface area contributed by atoms with Crippen LogP contribution in [0.4, 0.5) is 0 Å². The fourth-order valence-electron chi connectivity index (χ4n) is 4.43. The summed E-state index contributed by atoms with van der Waals surface area (Å²) in [5.41, 5.74) is 0.704. The van der Waals surface area contributed by atoms with Gasteiger partial charge in [-0.15, -0.1) is 0 Å². The number of rotatable bonds is 5. The number of carbonyl (C=O) groups excluding carboxylic acids is 1. The molecule has 33 heavy (non-hydrogen) atoms. The number of ether oxygens (including phenoxy) is 1. The first-order chi connectivity index (χ1) is 15.6. The second kappa shape index (κ2) is 10.9. The molecule has 0 bridgehead atoms. The van der Waals surface area contributed by atoms with E-state index in [9.17, 15) is 18.3 Å². The van der Waals surface area contributed by atoms with Crippen LogP contribution in [0.15, 0.2) is 23.1 Å². The van der Waals surface area contributed by atoms with Crippen LogP contribution in [0.3, 0.4) is 0 Å². The number of carbonyl (C=O) groups is 1. The summed E-state index contributed by atoms with van der Waals surface area (Å²) in [6.07, 6.45) is 5.43. The number of sulfonamides is 1. The summed E-state index contributed by atoms with van der Waals surface area (Å²) in [5.74, 6) is 7.02. The fraction of sp³-hybridized carbons (Fsp3) is 0.640. The van der Waals surface area contributed by atoms with Crippen molar-refractivity contribution in [2.24, 2.45) is 11.8 Å². The molecule has 0 saturated heterocycles. The molecule has 1 N–H and O–H groups in total. The normalized spacial score (nSPS) is 23.9. The number of hydrogen-bond donors (Lipinski definition) is 1. The highest BCUT2D eigenvalue weighted by molar-refractivity contribution is 7.89. The van der Waals surface area contributed by atoms with Gasteiger partial charge in [0.25, 0.3) is 0 Å². The summed E-state index contributed by atoms with van der Waals surface area (Å²) in [5, 5.41) is 9.72. The van der Waals surface area contributed by atoms with Crippen molar-refractivity contribution in [3.05, 3.63) is 23.8 Å². The van der Waals surface area contributed by atoms with Crippen molar-refractivity contribution in [2.75, 3.05) is 26.7 Å². The van der Waals surface area contributed by atoms with E-state index in [1.54, 1.807) is 37.1 Å². The third-order valence-corrected chi connectivity index (χ3v) is 8.78. The molecule has 1 heterocycles. The quantitative estimate of drug-likeness (QED) is 0.661. The fourth-order valence-corrected chi connectivity index (χ4v) is 6.26. The lowest BCUT2D eigenvalue weighted by Gasteiger charge is -2.37. The molecule has 8 heteroatoms. The van der Waals surface area contributed by atoms with Gasteiger partial charge in [0.15, 0.2) is 0 Å². The van der Waals surface area contributed by atoms with E-state index in [-0.39, 0.29) is 35.6 Å². The summed E-state index contributed by atoms with van der Waals surface area (Å²) in [6.45, 7) is 5.31. The summed E-state index contributed by atoms with van der Waals surface area (Å²) in [7, 11) is -2.18. The van der Waals surface area contributed by atoms with Gasteiger partial charge in [0.1, 0.15) is 16.7 Å². The average Bonchev–Trinajstić information content (AvgIpc) is 3.29. The topological polar surface area (TPSA) is 87.2 Å². The molecule has 0 aromatic heterocycles. The SMILES string of the molecule is CC(=O)N(C)C[C@H]1Oc2cc(C#CCC3CCCC3)ccc2S(=O)(=O)N([C@H](C)CO)C[C@@H]1C. The molecule has 1 aliphatic carbocycles. The number of aliphatic hydroxyl groups is 1. The first kappa shape index (κ1) is 25.5. The van der Waals surface area contributed by atoms with Crippen LogP contribution in [-0.2, 0) is 14.8 Å². The third-order valence-electron chi connectivity index (χ3n) is 6.76. The average molecular weight is 477 g/mol. The van der Waals surface area contributed by atoms with Crippen molar-refractivity contribution in [3.63, 3.8) is 0 Å². The van der Waals surface area contributed by atoms with E-state index in [0.717, 1.165) is 6.42 Å². The van der Waals surface area contributed by atoms with Crippen LogP contribution in [0.25, 0.3) is 0 Å². The summed E-state index contributed by atoms with van der Waals surface area (Å²) >= 11 is 0. The van der Waals surface area contributed by atoms with Crippen molar-refractivity contribution >= 4 is 15.9 Å². The molecule has 1 saturated carbocycles. The van der Waals surface area contributed by atoms with Crippen LogP contribution in [0.5, 0.6) is 5.75 Å². The Kier molecular flexibility index (Phi) is 8.43. The molecule has 182 valence electrons. The lowest BCUT2D eigenvalue weighted by atomic mass is 10.0. The highest BCUT2D eigenvalue weighted by Gasteiger charge is 2.38. The van der Waals surface area contributed by atoms with E-state index in [1.807, 2.05) is 6.92 Å². The molecule has 0 spiro atoms. The van der Waals surface area contributed by atoms with Crippen LogP contribution in [0.1, 0.15) is 58.4 Å². The molecule has 3 atom stereocenters. The van der Waals surface area contributed by atoms with Crippen molar-refractivity contribution in [3.8, 4) is 17.6 Å². The number of aliphatic hydroxyl groups excluding tert-OH is 1. The van der Waals surface area contributed by atoms with Crippen LogP contribution in [-0.4, -0.2) is 67.5 Å². The summed E-state index contributed by atoms with van der Waals surface area (Å²) in [6, 6.07) is 4.36. The monoisotopic (exact) mass is 476 g/mol. The Hall–Kier alpha value is -2.08. The van der Waals surface area contributed by atoms with Gasteiger partial charge in [-0.05, 0) is 43.9 Å². The van der Waals surface area contributed by atoms with Gasteiger partial charge in [-0.3, -0.25) is 4.79 Å². The number of hydrogen-bond acceptors (Lipinski definition) is 5. The number of amides is 1. The second-order valence-corrected chi connectivity index (χ2v) is 11.3. The molecular formula is C25H36N2O5S. The molecule has 1 fully saturated rings. The van der Waals surface area contributed by atoms with Gasteiger partial charge in [-0.2, -0.15) is 4.31 Å². The van der Waals surface area contributed by atoms with Crippen molar-refractivity contribution in [1.29, 1.82) is 0 Å². The molecular weight excluding hydrogens is 440 g/mol. The highest BCUT2D eigenvalue weighted by Crippen LogP contribution is 2.34. The minimum absolute atomic E-state index is 0.0616. The van der Waals surface area contributed by atoms with E-state index in [0.29, 0.717) is 18.0 Å². The molecule has 1 amide bonds. The molecule has 2 aliphatic rings. The summed E-state index contributed by atoms with van der Waals surface area (Å²) in [4.78, 5) is 13.5. The first-order valence-electron chi connectivity index (χ1n) is 11.8. The lowest BCUT2D eigenvalue weighted by Crippen LogP contribution is -2.50. The highest BCUT2D eigenvalue weighted by atomic mass is 32.2. The Morgan fingerprint density at radius 2 is 2.03 bits per heavy atom. The van der Waals surface area contributed by atoms with Gasteiger partial charge < -0.3 is 14.7 Å². The zero-order chi connectivity index (χ0) is 24.2. The van der Waals surface area contributed by atoms with E-state index >= 15 is 0 Å². The molecule has 3 rings (SSSR count). The predicted octanol–water partition coefficient (Wildman–Crippen LogP) is 2.87. The van der Waals surface area contributed by atoms with Crippen molar-refractivity contribution in [1.82, 2.24) is 9.21 Å². The van der Waals surface area contributed by atoms with Crippen molar-refractivity contribution in [2.45, 2.75) is 69.9 Å². The smallest absolute Gasteiger partial charge is 0.247 e. The van der Waals surface area contributed by atoms with Gasteiger partial charge in [-0.25, -0.2) is 8.42 Å². The maximum atomic E-state index is 13.5. The van der Waals surface area contributed by atoms with E-state index < -0.39 is 22.2 Å². The van der Waals surface area contributed by atoms with Crippen LogP contribution in [0.2, 0.25) is 0 Å². The number of likely N-dealkylation sites (N-methyl/N-ethyl adjacent to an activating group) is 1. The first-order valence-corrected chi connectivity index (χ1v) is 13.2. The Bertz CT molecular complexity index is 1010. The number of fused-ring (bicyclic) bond motifs is 1. The zero-order valence-electron chi connectivity index (χ0n) is 20.1. The maximum absolute atomic E-state index is 13.5. The molecule has 0 radical (unpaired) electrons. The molecule has 1 aromatic rings. The molecule has 1 aromatic carbocycles. The van der Waals surface area contributed by atoms with Gasteiger partial charge in [0.05, 0.1) is 13.2 Å². The lowest BCUT2D eigenvalue weighted by molar-refractivity contribution is -0.129. The minimum Gasteiger partial charge on any atom is -0.487 e. The van der Waals surface area contributed by atoms with Gasteiger partial charge in [0.2, 0.25) is 15.9 Å². The Labute approximate surface area is 198 Å². The Morgan fingerprint density at radius 3 is 2.67 bits per heavy atom. The number of benzene rings is 1. The molecule has 1 aliphatic heterocycles. The second-order valence-electron chi connectivity index (χ2n) is 9.46. The van der Waals surface area contributed by atoms with Crippen molar-refractivity contribution < 1.29 is 23.1 Å². The Balaban J connectivity index is 1.98. The molecule has 0 unspecified atom stereocenters. The third kappa shape index (κ3) is 6.08. The van der Waals surface area contributed by atoms with Gasteiger partial charge >= 0.3 is 0 Å². The number of nitrogens with zero attached hydrogens (tertiary/aromatic N) is 2. The largest absolute Gasteiger partial charge is 0.487 e. The van der Waals surface area contributed by atoms with Crippen LogP contribution in [0, 0.1) is 23.7 Å². The van der Waals surface area contributed by atoms with E-state index in [4.69, 9.17) is 4.74 Å². The van der Waals surface area contributed by atoms with Gasteiger partial charge in [0, 0.05) is 44.5 Å². The van der Waals surface area contributed by atoms with Crippen LogP contribution >= 0.6 is 0 Å². The minimum atomic E-state index is -3.89. The predicted molar refractivity (Wildman–Crippen MR) is 127 cm³/mol. The summed E-state index contributed by atoms with van der Waals surface area (Å²) < 4.78 is 34.6. The zero-order valence-corrected chi connectivity index (χ0v) is 20.9.